The highest BCUT2D eigenvalue weighted by Gasteiger charge is 1.94. The smallest absolute Gasteiger partial charge is 0.302 e. The van der Waals surface area contributed by atoms with Crippen LogP contribution in [0, 0.1) is 0 Å². The third-order valence-corrected chi connectivity index (χ3v) is 2.15. The van der Waals surface area contributed by atoms with E-state index in [-0.39, 0.29) is 19.3 Å². The highest BCUT2D eigenvalue weighted by atomic mass is 32.1. The van der Waals surface area contributed by atoms with Crippen LogP contribution in [0.2, 0.25) is 0 Å². The number of rotatable bonds is 7. The first kappa shape index (κ1) is 16.0. The maximum Gasteiger partial charge on any atom is 0.302 e. The summed E-state index contributed by atoms with van der Waals surface area (Å²) < 4.78 is 9.83. The molecule has 0 saturated heterocycles. The molecule has 1 aromatic heterocycles. The van der Waals surface area contributed by atoms with E-state index in [0.29, 0.717) is 11.7 Å². The Labute approximate surface area is 122 Å². The van der Waals surface area contributed by atoms with Gasteiger partial charge < -0.3 is 14.8 Å². The highest BCUT2D eigenvalue weighted by molar-refractivity contribution is 7.80. The molecule has 0 fully saturated rings. The topological polar surface area (TPSA) is 84.8 Å². The van der Waals surface area contributed by atoms with Crippen LogP contribution in [0.5, 0.6) is 0 Å². The molecule has 0 radical (unpaired) electrons. The van der Waals surface area contributed by atoms with Gasteiger partial charge in [-0.2, -0.15) is 5.10 Å². The fourth-order valence-corrected chi connectivity index (χ4v) is 1.19. The Morgan fingerprint density at radius 3 is 3.05 bits per heavy atom. The number of nitrogens with one attached hydrogen (secondary N) is 2. The van der Waals surface area contributed by atoms with Gasteiger partial charge in [-0.3, -0.25) is 15.2 Å². The summed E-state index contributed by atoms with van der Waals surface area (Å²) in [5, 5.41) is 7.02. The van der Waals surface area contributed by atoms with Crippen molar-refractivity contribution in [3.63, 3.8) is 0 Å². The average molecular weight is 296 g/mol. The van der Waals surface area contributed by atoms with Crippen molar-refractivity contribution in [3.05, 3.63) is 30.1 Å². The summed E-state index contributed by atoms with van der Waals surface area (Å²) in [5.41, 5.74) is 3.35. The number of hydrogen-bond donors (Lipinski definition) is 2. The summed E-state index contributed by atoms with van der Waals surface area (Å²) >= 11 is 4.97. The quantitative estimate of drug-likeness (QED) is 0.188. The van der Waals surface area contributed by atoms with Gasteiger partial charge in [0.15, 0.2) is 5.11 Å². The second-order valence-corrected chi connectivity index (χ2v) is 3.93. The lowest BCUT2D eigenvalue weighted by molar-refractivity contribution is -0.142. The number of ether oxygens (including phenoxy) is 2. The Morgan fingerprint density at radius 1 is 1.50 bits per heavy atom. The van der Waals surface area contributed by atoms with Crippen molar-refractivity contribution in [1.29, 1.82) is 0 Å². The van der Waals surface area contributed by atoms with E-state index in [1.165, 1.54) is 6.92 Å². The van der Waals surface area contributed by atoms with Crippen LogP contribution in [-0.2, 0) is 14.3 Å². The fourth-order valence-electron chi connectivity index (χ4n) is 1.08. The number of carbonyl (C=O) groups is 1. The van der Waals surface area contributed by atoms with Crippen molar-refractivity contribution >= 4 is 29.5 Å². The van der Waals surface area contributed by atoms with Gasteiger partial charge in [0.05, 0.1) is 18.5 Å². The summed E-state index contributed by atoms with van der Waals surface area (Å²) in [4.78, 5) is 14.5. The minimum atomic E-state index is -0.331. The molecule has 0 aliphatic heterocycles. The Morgan fingerprint density at radius 2 is 2.35 bits per heavy atom. The molecule has 1 heterocycles. The van der Waals surface area contributed by atoms with Gasteiger partial charge in [-0.05, 0) is 24.4 Å². The standard InChI is InChI=1S/C12H16N4O3S/c1-10(17)19-7-6-18-9-14-12(20)16-15-8-11-4-2-3-5-13-11/h2-5,8H,6-7,9H2,1H3,(H2,14,16,20)/b15-8-. The van der Waals surface area contributed by atoms with Gasteiger partial charge in [-0.25, -0.2) is 0 Å². The van der Waals surface area contributed by atoms with E-state index >= 15 is 0 Å². The van der Waals surface area contributed by atoms with Crippen LogP contribution in [0.1, 0.15) is 12.6 Å². The maximum atomic E-state index is 10.5. The van der Waals surface area contributed by atoms with Crippen LogP contribution in [0.3, 0.4) is 0 Å². The summed E-state index contributed by atoms with van der Waals surface area (Å²) in [6.07, 6.45) is 3.23. The molecule has 1 aromatic rings. The largest absolute Gasteiger partial charge is 0.463 e. The number of thiocarbonyl (C=S) groups is 1. The van der Waals surface area contributed by atoms with Gasteiger partial charge in [-0.1, -0.05) is 6.07 Å². The summed E-state index contributed by atoms with van der Waals surface area (Å²) in [6, 6.07) is 5.51. The van der Waals surface area contributed by atoms with Crippen molar-refractivity contribution in [2.24, 2.45) is 5.10 Å². The number of hydrogen-bond acceptors (Lipinski definition) is 6. The number of aromatic nitrogens is 1. The van der Waals surface area contributed by atoms with Crippen molar-refractivity contribution < 1.29 is 14.3 Å². The molecule has 108 valence electrons. The van der Waals surface area contributed by atoms with Gasteiger partial charge in [0.2, 0.25) is 0 Å². The third kappa shape index (κ3) is 8.11. The second kappa shape index (κ2) is 9.82. The lowest BCUT2D eigenvalue weighted by atomic mass is 10.4. The number of carbonyl (C=O) groups excluding carboxylic acids is 1. The van der Waals surface area contributed by atoms with E-state index in [0.717, 1.165) is 5.69 Å². The van der Waals surface area contributed by atoms with Gasteiger partial charge in [0.25, 0.3) is 0 Å². The SMILES string of the molecule is CC(=O)OCCOCNC(=S)N/N=C\c1ccccn1. The third-order valence-electron chi connectivity index (χ3n) is 1.92. The van der Waals surface area contributed by atoms with Gasteiger partial charge in [0.1, 0.15) is 13.3 Å². The van der Waals surface area contributed by atoms with Crippen LogP contribution >= 0.6 is 12.2 Å². The van der Waals surface area contributed by atoms with E-state index < -0.39 is 0 Å². The molecule has 0 spiro atoms. The molecular weight excluding hydrogens is 280 g/mol. The van der Waals surface area contributed by atoms with Crippen molar-refractivity contribution in [2.75, 3.05) is 19.9 Å². The molecule has 0 atom stereocenters. The minimum absolute atomic E-state index is 0.201. The van der Waals surface area contributed by atoms with Crippen LogP contribution in [0.25, 0.3) is 0 Å². The summed E-state index contributed by atoms with van der Waals surface area (Å²) in [6.45, 7) is 2.06. The molecule has 8 heteroatoms. The molecule has 1 rings (SSSR count). The van der Waals surface area contributed by atoms with Crippen LogP contribution < -0.4 is 10.7 Å². The predicted molar refractivity (Wildman–Crippen MR) is 78.2 cm³/mol. The van der Waals surface area contributed by atoms with E-state index in [9.17, 15) is 4.79 Å². The zero-order chi connectivity index (χ0) is 14.6. The van der Waals surface area contributed by atoms with E-state index in [1.54, 1.807) is 12.4 Å². The first-order valence-electron chi connectivity index (χ1n) is 5.87. The number of pyridine rings is 1. The Balaban J connectivity index is 2.06. The van der Waals surface area contributed by atoms with Crippen LogP contribution in [0.4, 0.5) is 0 Å². The van der Waals surface area contributed by atoms with Gasteiger partial charge >= 0.3 is 5.97 Å². The van der Waals surface area contributed by atoms with Crippen molar-refractivity contribution in [2.45, 2.75) is 6.92 Å². The van der Waals surface area contributed by atoms with Crippen LogP contribution in [-0.4, -0.2) is 42.2 Å². The highest BCUT2D eigenvalue weighted by Crippen LogP contribution is 1.87. The molecular formula is C12H16N4O3S. The van der Waals surface area contributed by atoms with Gasteiger partial charge in [0, 0.05) is 13.1 Å². The predicted octanol–water partition coefficient (Wildman–Crippen LogP) is 0.417. The lowest BCUT2D eigenvalue weighted by Crippen LogP contribution is -2.34. The van der Waals surface area contributed by atoms with Crippen LogP contribution in [0.15, 0.2) is 29.5 Å². The molecule has 0 aromatic carbocycles. The molecule has 0 aliphatic carbocycles. The van der Waals surface area contributed by atoms with E-state index in [1.807, 2.05) is 18.2 Å². The molecule has 7 nitrogen and oxygen atoms in total. The van der Waals surface area contributed by atoms with E-state index in [2.05, 4.69) is 20.8 Å². The van der Waals surface area contributed by atoms with Gasteiger partial charge in [-0.15, -0.1) is 0 Å². The molecule has 2 N–H and O–H groups in total. The minimum Gasteiger partial charge on any atom is -0.463 e. The molecule has 0 bridgehead atoms. The van der Waals surface area contributed by atoms with Crippen molar-refractivity contribution in [1.82, 2.24) is 15.7 Å². The Bertz CT molecular complexity index is 453. The second-order valence-electron chi connectivity index (χ2n) is 3.52. The number of esters is 1. The first-order valence-corrected chi connectivity index (χ1v) is 6.28. The number of nitrogens with zero attached hydrogens (tertiary/aromatic N) is 2. The molecule has 20 heavy (non-hydrogen) atoms. The zero-order valence-electron chi connectivity index (χ0n) is 11.0. The lowest BCUT2D eigenvalue weighted by Gasteiger charge is -2.07. The normalized spacial score (nSPS) is 10.2. The molecule has 0 saturated carbocycles. The average Bonchev–Trinajstić information content (AvgIpc) is 2.43. The molecule has 0 aliphatic rings. The fraction of sp³-hybridized carbons (Fsp3) is 0.333. The maximum absolute atomic E-state index is 10.5. The number of hydrazone groups is 1. The summed E-state index contributed by atoms with van der Waals surface area (Å²) in [7, 11) is 0. The molecule has 0 amide bonds. The first-order chi connectivity index (χ1) is 9.68. The van der Waals surface area contributed by atoms with Crippen molar-refractivity contribution in [3.8, 4) is 0 Å². The van der Waals surface area contributed by atoms with E-state index in [4.69, 9.17) is 21.7 Å². The Kier molecular flexibility index (Phi) is 7.85. The zero-order valence-corrected chi connectivity index (χ0v) is 11.9. The summed E-state index contributed by atoms with van der Waals surface area (Å²) in [5.74, 6) is -0.331. The molecule has 0 unspecified atom stereocenters. The Hall–Kier alpha value is -2.06. The monoisotopic (exact) mass is 296 g/mol.